The van der Waals surface area contributed by atoms with Gasteiger partial charge in [-0.2, -0.15) is 9.98 Å². The Kier molecular flexibility index (Phi) is 14.5. The van der Waals surface area contributed by atoms with Crippen LogP contribution < -0.4 is 46.6 Å². The minimum atomic E-state index is -0.678. The summed E-state index contributed by atoms with van der Waals surface area (Å²) in [6.45, 7) is 6.58. The standard InChI is InChI=1S/C25H28N8O5.C21H26N8O4/c1-36-21-19(38-13-16(34)12-32-6-8-37-9-7-32)3-2-17-20(21)30-25(33-5-4-26-23(17)33)31-24(35)15-10-18-22(27-11-15)29-14-28-18;1-28(2)10-13(30)11-33-15-5-4-14-16(17(15)32-3)26-21(29-7-6-23-18(14)29)27-19(31)12-8-24-20(22)25-9-12/h2-3,10-11,14,16,26,34H,4-9,12-13H2,1H3,(H,27,28,29);4-5,8-9,13,23,30H,6-7,10-11H2,1-3H3,(H2,22,24,25)/t16-;13-/m11/s1. The van der Waals surface area contributed by atoms with Gasteiger partial charge < -0.3 is 60.1 Å². The number of benzene rings is 2. The molecule has 7 N–H and O–H groups in total. The fourth-order valence-corrected chi connectivity index (χ4v) is 8.38. The number of nitrogen functional groups attached to an aromatic ring is 1. The van der Waals surface area contributed by atoms with Gasteiger partial charge in [0.15, 0.2) is 28.6 Å². The minimum Gasteiger partial charge on any atom is -0.491 e. The zero-order valence-corrected chi connectivity index (χ0v) is 39.5. The number of aromatic nitrogens is 9. The molecule has 3 aliphatic heterocycles. The number of aliphatic hydroxyl groups excluding tert-OH is 2. The molecule has 8 heterocycles. The summed E-state index contributed by atoms with van der Waals surface area (Å²) < 4.78 is 32.2. The first-order valence-electron chi connectivity index (χ1n) is 22.8. The minimum absolute atomic E-state index is 0.0720. The van der Waals surface area contributed by atoms with Crippen LogP contribution >= 0.6 is 0 Å². The van der Waals surface area contributed by atoms with Crippen LogP contribution in [0.15, 0.2) is 65.2 Å². The van der Waals surface area contributed by atoms with Crippen LogP contribution in [0.25, 0.3) is 33.0 Å². The molecule has 0 bridgehead atoms. The first-order valence-corrected chi connectivity index (χ1v) is 22.8. The zero-order valence-electron chi connectivity index (χ0n) is 39.5. The fourth-order valence-electron chi connectivity index (χ4n) is 8.38. The molecule has 25 nitrogen and oxygen atoms in total. The van der Waals surface area contributed by atoms with Gasteiger partial charge in [-0.25, -0.2) is 29.9 Å². The predicted octanol–water partition coefficient (Wildman–Crippen LogP) is 0.440. The average Bonchev–Trinajstić information content (AvgIpc) is 4.18. The van der Waals surface area contributed by atoms with Crippen LogP contribution in [-0.2, 0) is 17.8 Å². The average molecular weight is 975 g/mol. The van der Waals surface area contributed by atoms with Crippen molar-refractivity contribution < 1.29 is 43.5 Å². The normalized spacial score (nSPS) is 15.7. The number of ether oxygens (including phenoxy) is 5. The van der Waals surface area contributed by atoms with E-state index in [0.29, 0.717) is 103 Å². The summed E-state index contributed by atoms with van der Waals surface area (Å²) in [5, 5.41) is 29.0. The van der Waals surface area contributed by atoms with Crippen LogP contribution in [0.3, 0.4) is 0 Å². The van der Waals surface area contributed by atoms with Gasteiger partial charge in [0, 0.05) is 81.7 Å². The maximum Gasteiger partial charge on any atom is 0.283 e. The van der Waals surface area contributed by atoms with E-state index < -0.39 is 24.0 Å². The highest BCUT2D eigenvalue weighted by Gasteiger charge is 2.24. The largest absolute Gasteiger partial charge is 0.491 e. The Morgan fingerprint density at radius 2 is 1.32 bits per heavy atom. The molecule has 7 aromatic rings. The van der Waals surface area contributed by atoms with Crippen LogP contribution in [0.5, 0.6) is 23.0 Å². The van der Waals surface area contributed by atoms with Gasteiger partial charge >= 0.3 is 0 Å². The molecule has 2 aromatic carbocycles. The molecule has 0 unspecified atom stereocenters. The number of methoxy groups -OCH3 is 2. The number of nitrogens with zero attached hydrogens (tertiary/aromatic N) is 12. The van der Waals surface area contributed by atoms with E-state index in [4.69, 9.17) is 34.4 Å². The highest BCUT2D eigenvalue weighted by molar-refractivity contribution is 5.99. The summed E-state index contributed by atoms with van der Waals surface area (Å²) in [6, 6.07) is 9.00. The summed E-state index contributed by atoms with van der Waals surface area (Å²) in [7, 11) is 6.80. The second-order valence-electron chi connectivity index (χ2n) is 16.9. The summed E-state index contributed by atoms with van der Waals surface area (Å²) in [5.74, 6) is 2.30. The maximum absolute atomic E-state index is 13.1. The SMILES string of the molecule is COc1c(OC[C@H](O)CN(C)C)ccc2c3n(c(=NC(=O)c4cnc(N)nc4)nc12)CCN3.COc1c(OC[C@H](O)CN2CCOCC2)ccc2c3n(c(=NC(=O)c4cnc5nc[nH]c5c4)nc12)CCN3. The van der Waals surface area contributed by atoms with Gasteiger partial charge in [0.2, 0.25) is 17.2 Å². The fraction of sp³-hybridized carbons (Fsp3) is 0.391. The Morgan fingerprint density at radius 1 is 0.775 bits per heavy atom. The number of aromatic amines is 1. The molecule has 5 aromatic heterocycles. The number of nitrogens with one attached hydrogen (secondary N) is 3. The third-order valence-electron chi connectivity index (χ3n) is 11.7. The van der Waals surface area contributed by atoms with Crippen molar-refractivity contribution in [3.8, 4) is 23.0 Å². The number of H-pyrrole nitrogens is 1. The molecule has 0 radical (unpaired) electrons. The monoisotopic (exact) mass is 974 g/mol. The lowest BCUT2D eigenvalue weighted by Crippen LogP contribution is -2.42. The summed E-state index contributed by atoms with van der Waals surface area (Å²) in [5.41, 5.74) is 8.64. The van der Waals surface area contributed by atoms with E-state index in [9.17, 15) is 19.8 Å². The highest BCUT2D eigenvalue weighted by atomic mass is 16.5. The van der Waals surface area contributed by atoms with Crippen molar-refractivity contribution in [3.63, 3.8) is 0 Å². The first kappa shape index (κ1) is 48.2. The van der Waals surface area contributed by atoms with Gasteiger partial charge in [0.1, 0.15) is 48.1 Å². The molecule has 0 aliphatic carbocycles. The van der Waals surface area contributed by atoms with E-state index in [-0.39, 0.29) is 36.0 Å². The number of pyridine rings is 1. The number of likely N-dealkylation sites (N-methyl/N-ethyl adjacent to an activating group) is 1. The van der Waals surface area contributed by atoms with E-state index in [1.54, 1.807) is 18.2 Å². The summed E-state index contributed by atoms with van der Waals surface area (Å²) in [4.78, 5) is 66.6. The molecule has 1 fully saturated rings. The number of anilines is 3. The molecule has 2 atom stereocenters. The Bertz CT molecular complexity index is 3220. The molecule has 0 saturated carbocycles. The summed E-state index contributed by atoms with van der Waals surface area (Å²) in [6.07, 6.45) is 4.27. The van der Waals surface area contributed by atoms with Crippen molar-refractivity contribution in [2.75, 3.05) is 110 Å². The smallest absolute Gasteiger partial charge is 0.283 e. The zero-order chi connectivity index (χ0) is 49.6. The van der Waals surface area contributed by atoms with Crippen molar-refractivity contribution >= 4 is 62.4 Å². The molecular weight excluding hydrogens is 921 g/mol. The Morgan fingerprint density at radius 3 is 1.89 bits per heavy atom. The number of β-amino-alcohol motifs (C(OH)–C–C–N with tert-alkyl or cyclic N) is 1. The number of carbonyl (C=O) groups is 2. The van der Waals surface area contributed by atoms with Gasteiger partial charge in [-0.15, -0.1) is 0 Å². The second kappa shape index (κ2) is 21.4. The van der Waals surface area contributed by atoms with Gasteiger partial charge in [-0.3, -0.25) is 23.6 Å². The predicted molar refractivity (Wildman–Crippen MR) is 258 cm³/mol. The Labute approximate surface area is 405 Å². The molecule has 25 heteroatoms. The van der Waals surface area contributed by atoms with Gasteiger partial charge in [0.05, 0.1) is 50.4 Å². The van der Waals surface area contributed by atoms with Gasteiger partial charge in [-0.05, 0) is 44.4 Å². The van der Waals surface area contributed by atoms with Crippen LogP contribution in [0, 0.1) is 0 Å². The van der Waals surface area contributed by atoms with Crippen LogP contribution in [0.4, 0.5) is 17.6 Å². The molecule has 0 spiro atoms. The van der Waals surface area contributed by atoms with E-state index >= 15 is 0 Å². The number of aliphatic hydroxyl groups is 2. The number of hydrogen-bond acceptors (Lipinski definition) is 20. The number of morpholine rings is 1. The number of carbonyl (C=O) groups excluding carboxylic acids is 2. The number of nitrogens with two attached hydrogens (primary N) is 1. The third kappa shape index (κ3) is 10.7. The van der Waals surface area contributed by atoms with Gasteiger partial charge in [0.25, 0.3) is 11.8 Å². The first-order chi connectivity index (χ1) is 34.5. The molecule has 71 heavy (non-hydrogen) atoms. The molecule has 1 saturated heterocycles. The third-order valence-corrected chi connectivity index (χ3v) is 11.7. The van der Waals surface area contributed by atoms with Gasteiger partial charge in [-0.1, -0.05) is 0 Å². The van der Waals surface area contributed by atoms with Crippen LogP contribution in [0.2, 0.25) is 0 Å². The van der Waals surface area contributed by atoms with Crippen molar-refractivity contribution in [1.29, 1.82) is 0 Å². The quantitative estimate of drug-likeness (QED) is 0.0861. The van der Waals surface area contributed by atoms with Crippen molar-refractivity contribution in [2.45, 2.75) is 25.3 Å². The molecule has 10 rings (SSSR count). The number of amides is 2. The number of rotatable bonds is 14. The number of fused-ring (bicyclic) bond motifs is 7. The molecule has 2 amide bonds. The van der Waals surface area contributed by atoms with Crippen LogP contribution in [0.1, 0.15) is 20.7 Å². The van der Waals surface area contributed by atoms with Crippen LogP contribution in [-0.4, -0.2) is 182 Å². The molecule has 3 aliphatic rings. The molecule has 372 valence electrons. The Hall–Kier alpha value is -7.84. The molecular formula is C46H54N16O9. The van der Waals surface area contributed by atoms with E-state index in [0.717, 1.165) is 35.5 Å². The lowest BCUT2D eigenvalue weighted by atomic mass is 10.2. The van der Waals surface area contributed by atoms with E-state index in [1.165, 1.54) is 39.1 Å². The highest BCUT2D eigenvalue weighted by Crippen LogP contribution is 2.38. The maximum atomic E-state index is 13.1. The Balaban J connectivity index is 0.000000178. The van der Waals surface area contributed by atoms with E-state index in [1.807, 2.05) is 40.3 Å². The lowest BCUT2D eigenvalue weighted by Gasteiger charge is -2.28. The number of hydrogen-bond donors (Lipinski definition) is 6. The lowest BCUT2D eigenvalue weighted by molar-refractivity contribution is 0.00446. The summed E-state index contributed by atoms with van der Waals surface area (Å²) >= 11 is 0. The van der Waals surface area contributed by atoms with Crippen molar-refractivity contribution in [1.82, 2.24) is 53.8 Å². The van der Waals surface area contributed by atoms with Crippen molar-refractivity contribution in [3.05, 3.63) is 77.6 Å². The topological polar surface area (TPSA) is 305 Å². The van der Waals surface area contributed by atoms with Crippen molar-refractivity contribution in [2.24, 2.45) is 9.98 Å². The van der Waals surface area contributed by atoms with E-state index in [2.05, 4.69) is 55.4 Å². The second-order valence-corrected chi connectivity index (χ2v) is 16.9. The number of imidazole rings is 1.